The van der Waals surface area contributed by atoms with Gasteiger partial charge in [-0.1, -0.05) is 65.6 Å². The number of aromatic nitrogens is 3. The summed E-state index contributed by atoms with van der Waals surface area (Å²) in [5.74, 6) is -0.191. The molecule has 6 nitrogen and oxygen atoms in total. The van der Waals surface area contributed by atoms with Crippen molar-refractivity contribution in [2.75, 3.05) is 5.32 Å². The van der Waals surface area contributed by atoms with E-state index in [2.05, 4.69) is 20.3 Å². The Morgan fingerprint density at radius 3 is 2.59 bits per heavy atom. The largest absolute Gasteiger partial charge is 0.301 e. The zero-order chi connectivity index (χ0) is 22.2. The number of carbonyl (C=O) groups is 1. The Hall–Kier alpha value is -3.01. The molecule has 5 rings (SSSR count). The monoisotopic (exact) mass is 478 g/mol. The molecule has 3 heterocycles. The zero-order valence-corrected chi connectivity index (χ0v) is 19.7. The highest BCUT2D eigenvalue weighted by Gasteiger charge is 2.20. The zero-order valence-electron chi connectivity index (χ0n) is 17.2. The summed E-state index contributed by atoms with van der Waals surface area (Å²) in [4.78, 5) is 39.3. The van der Waals surface area contributed by atoms with Crippen LogP contribution in [0.25, 0.3) is 31.6 Å². The first-order valence-corrected chi connectivity index (χ1v) is 12.4. The predicted octanol–water partition coefficient (Wildman–Crippen LogP) is 5.69. The van der Waals surface area contributed by atoms with Gasteiger partial charge in [-0.05, 0) is 31.5 Å². The summed E-state index contributed by atoms with van der Waals surface area (Å²) in [6, 6.07) is 17.6. The fraction of sp³-hybridized carbons (Fsp3) is 0.130. The lowest BCUT2D eigenvalue weighted by atomic mass is 10.0. The van der Waals surface area contributed by atoms with Crippen molar-refractivity contribution >= 4 is 65.9 Å². The van der Waals surface area contributed by atoms with Gasteiger partial charge < -0.3 is 10.3 Å². The number of amides is 1. The first kappa shape index (κ1) is 20.9. The molecule has 0 aliphatic rings. The maximum Gasteiger partial charge on any atom is 0.260 e. The second-order valence-corrected chi connectivity index (χ2v) is 10.7. The van der Waals surface area contributed by atoms with Gasteiger partial charge in [0.15, 0.2) is 10.3 Å². The second kappa shape index (κ2) is 8.50. The van der Waals surface area contributed by atoms with Crippen molar-refractivity contribution in [1.29, 1.82) is 0 Å². The quantitative estimate of drug-likeness (QED) is 0.250. The molecule has 2 N–H and O–H groups in total. The van der Waals surface area contributed by atoms with Gasteiger partial charge in [0.05, 0.1) is 20.9 Å². The minimum atomic E-state index is -0.461. The molecule has 0 aliphatic carbocycles. The standard InChI is InChI=1S/C23H18N4O2S3/c1-12-17(14-8-4-3-5-9-14)18-20(29)26-23(27-21(18)30-12)31-13(2)19(28)25-22-24-15-10-6-7-11-16(15)32-22/h3-11,13H,1-2H3,(H,24,25,28)(H,26,27,29). The lowest BCUT2D eigenvalue weighted by molar-refractivity contribution is -0.115. The normalized spacial score (nSPS) is 12.3. The summed E-state index contributed by atoms with van der Waals surface area (Å²) >= 11 is 4.14. The average molecular weight is 479 g/mol. The van der Waals surface area contributed by atoms with Crippen LogP contribution in [0.15, 0.2) is 64.5 Å². The summed E-state index contributed by atoms with van der Waals surface area (Å²) in [6.45, 7) is 3.78. The smallest absolute Gasteiger partial charge is 0.260 e. The third kappa shape index (κ3) is 3.94. The van der Waals surface area contributed by atoms with Crippen molar-refractivity contribution in [3.63, 3.8) is 0 Å². The van der Waals surface area contributed by atoms with E-state index in [1.165, 1.54) is 34.4 Å². The molecule has 1 unspecified atom stereocenters. The van der Waals surface area contributed by atoms with E-state index in [0.29, 0.717) is 20.5 Å². The molecule has 0 bridgehead atoms. The number of anilines is 1. The molecule has 0 saturated carbocycles. The van der Waals surface area contributed by atoms with E-state index in [9.17, 15) is 9.59 Å². The van der Waals surface area contributed by atoms with Crippen molar-refractivity contribution in [2.24, 2.45) is 0 Å². The highest BCUT2D eigenvalue weighted by Crippen LogP contribution is 2.36. The Morgan fingerprint density at radius 1 is 1.06 bits per heavy atom. The van der Waals surface area contributed by atoms with Gasteiger partial charge in [-0.2, -0.15) is 0 Å². The Kier molecular flexibility index (Phi) is 5.54. The van der Waals surface area contributed by atoms with Crippen LogP contribution in [0.1, 0.15) is 11.8 Å². The SMILES string of the molecule is Cc1sc2nc(SC(C)C(=O)Nc3nc4ccccc4s3)[nH]c(=O)c2c1-c1ccccc1. The first-order chi connectivity index (χ1) is 15.5. The molecule has 5 aromatic rings. The molecule has 0 fully saturated rings. The summed E-state index contributed by atoms with van der Waals surface area (Å²) in [5, 5.41) is 3.98. The molecule has 0 aliphatic heterocycles. The Morgan fingerprint density at radius 2 is 1.81 bits per heavy atom. The molecule has 1 atom stereocenters. The number of thioether (sulfide) groups is 1. The van der Waals surface area contributed by atoms with Crippen molar-refractivity contribution < 1.29 is 4.79 Å². The Balaban J connectivity index is 1.39. The van der Waals surface area contributed by atoms with E-state index in [4.69, 9.17) is 0 Å². The van der Waals surface area contributed by atoms with E-state index in [0.717, 1.165) is 26.2 Å². The van der Waals surface area contributed by atoms with Crippen molar-refractivity contribution in [3.05, 3.63) is 69.8 Å². The molecule has 0 spiro atoms. The summed E-state index contributed by atoms with van der Waals surface area (Å²) < 4.78 is 1.02. The van der Waals surface area contributed by atoms with Crippen molar-refractivity contribution in [1.82, 2.24) is 15.0 Å². The summed E-state index contributed by atoms with van der Waals surface area (Å²) in [5.41, 5.74) is 2.57. The van der Waals surface area contributed by atoms with Crippen LogP contribution in [0, 0.1) is 6.92 Å². The van der Waals surface area contributed by atoms with Crippen molar-refractivity contribution in [2.45, 2.75) is 24.3 Å². The number of nitrogens with zero attached hydrogens (tertiary/aromatic N) is 2. The van der Waals surface area contributed by atoms with E-state index < -0.39 is 5.25 Å². The van der Waals surface area contributed by atoms with Gasteiger partial charge in [0.2, 0.25) is 5.91 Å². The van der Waals surface area contributed by atoms with Crippen molar-refractivity contribution in [3.8, 4) is 11.1 Å². The predicted molar refractivity (Wildman–Crippen MR) is 134 cm³/mol. The lowest BCUT2D eigenvalue weighted by Crippen LogP contribution is -2.23. The second-order valence-electron chi connectivity index (χ2n) is 7.19. The van der Waals surface area contributed by atoms with Crippen LogP contribution in [0.5, 0.6) is 0 Å². The molecule has 1 amide bonds. The Labute approximate surface area is 195 Å². The van der Waals surface area contributed by atoms with Crippen LogP contribution in [0.3, 0.4) is 0 Å². The van der Waals surface area contributed by atoms with Crippen LogP contribution in [0.4, 0.5) is 5.13 Å². The molecule has 2 aromatic carbocycles. The number of fused-ring (bicyclic) bond motifs is 2. The highest BCUT2D eigenvalue weighted by atomic mass is 32.2. The number of thiazole rings is 1. The number of hydrogen-bond acceptors (Lipinski definition) is 7. The van der Waals surface area contributed by atoms with Gasteiger partial charge in [-0.15, -0.1) is 11.3 Å². The van der Waals surface area contributed by atoms with Crippen LogP contribution in [-0.2, 0) is 4.79 Å². The number of nitrogens with one attached hydrogen (secondary N) is 2. The number of benzene rings is 2. The van der Waals surface area contributed by atoms with E-state index in [-0.39, 0.29) is 11.5 Å². The Bertz CT molecular complexity index is 1470. The van der Waals surface area contributed by atoms with Gasteiger partial charge in [-0.25, -0.2) is 9.97 Å². The average Bonchev–Trinajstić information content (AvgIpc) is 3.34. The van der Waals surface area contributed by atoms with E-state index in [1.807, 2.05) is 61.5 Å². The van der Waals surface area contributed by atoms with Gasteiger partial charge in [0, 0.05) is 10.4 Å². The molecule has 3 aromatic heterocycles. The molecule has 9 heteroatoms. The maximum absolute atomic E-state index is 12.9. The summed E-state index contributed by atoms with van der Waals surface area (Å²) in [6.07, 6.45) is 0. The van der Waals surface area contributed by atoms with Crippen LogP contribution in [-0.4, -0.2) is 26.1 Å². The number of aromatic amines is 1. The number of thiophene rings is 1. The van der Waals surface area contributed by atoms with Crippen LogP contribution < -0.4 is 10.9 Å². The molecule has 0 radical (unpaired) electrons. The number of para-hydroxylation sites is 1. The highest BCUT2D eigenvalue weighted by molar-refractivity contribution is 8.00. The third-order valence-electron chi connectivity index (χ3n) is 4.96. The third-order valence-corrected chi connectivity index (χ3v) is 7.90. The number of carbonyl (C=O) groups excluding carboxylic acids is 1. The number of H-pyrrole nitrogens is 1. The van der Waals surface area contributed by atoms with Gasteiger partial charge in [0.25, 0.3) is 5.56 Å². The molecular formula is C23H18N4O2S3. The molecule has 0 saturated heterocycles. The lowest BCUT2D eigenvalue weighted by Gasteiger charge is -2.09. The minimum Gasteiger partial charge on any atom is -0.301 e. The van der Waals surface area contributed by atoms with Crippen LogP contribution >= 0.6 is 34.4 Å². The fourth-order valence-electron chi connectivity index (χ4n) is 3.46. The fourth-order valence-corrected chi connectivity index (χ4v) is 6.23. The number of rotatable bonds is 5. The molecule has 160 valence electrons. The molecule has 32 heavy (non-hydrogen) atoms. The molecular weight excluding hydrogens is 460 g/mol. The first-order valence-electron chi connectivity index (χ1n) is 9.91. The van der Waals surface area contributed by atoms with Gasteiger partial charge in [-0.3, -0.25) is 9.59 Å². The van der Waals surface area contributed by atoms with Gasteiger partial charge >= 0.3 is 0 Å². The maximum atomic E-state index is 12.9. The van der Waals surface area contributed by atoms with Gasteiger partial charge in [0.1, 0.15) is 4.83 Å². The topological polar surface area (TPSA) is 87.7 Å². The van der Waals surface area contributed by atoms with Crippen LogP contribution in [0.2, 0.25) is 0 Å². The number of hydrogen-bond donors (Lipinski definition) is 2. The van der Waals surface area contributed by atoms with E-state index >= 15 is 0 Å². The van der Waals surface area contributed by atoms with E-state index in [1.54, 1.807) is 6.92 Å². The minimum absolute atomic E-state index is 0.191. The number of aryl methyl sites for hydroxylation is 1. The summed E-state index contributed by atoms with van der Waals surface area (Å²) in [7, 11) is 0.